The Bertz CT molecular complexity index is 1990. The normalized spacial score (nSPS) is 11.3. The molecule has 11 nitrogen and oxygen atoms in total. The Hall–Kier alpha value is -5.32. The number of rotatable bonds is 9. The van der Waals surface area contributed by atoms with Gasteiger partial charge in [-0.2, -0.15) is 10.2 Å². The highest BCUT2D eigenvalue weighted by atomic mass is 16.5. The van der Waals surface area contributed by atoms with Gasteiger partial charge >= 0.3 is 0 Å². The Balaban J connectivity index is 1.36. The van der Waals surface area contributed by atoms with Gasteiger partial charge in [0.1, 0.15) is 29.4 Å². The molecule has 1 amide bonds. The summed E-state index contributed by atoms with van der Waals surface area (Å²) < 4.78 is 11.5. The number of pyridine rings is 1. The average Bonchev–Trinajstić information content (AvgIpc) is 3.70. The van der Waals surface area contributed by atoms with Crippen LogP contribution < -0.4 is 10.1 Å². The molecule has 0 fully saturated rings. The van der Waals surface area contributed by atoms with Gasteiger partial charge in [0.15, 0.2) is 11.6 Å². The van der Waals surface area contributed by atoms with Crippen LogP contribution in [0.25, 0.3) is 33.9 Å². The first kappa shape index (κ1) is 28.8. The number of carbonyl (C=O) groups excluding carboxylic acids is 1. The summed E-state index contributed by atoms with van der Waals surface area (Å²) in [6.45, 7) is 9.45. The number of benzene rings is 2. The van der Waals surface area contributed by atoms with Gasteiger partial charge in [0.2, 0.25) is 5.82 Å². The van der Waals surface area contributed by atoms with Gasteiger partial charge in [0, 0.05) is 32.6 Å². The number of hydrogen-bond donors (Lipinski definition) is 1. The molecule has 0 aliphatic carbocycles. The number of aromatic nitrogens is 8. The van der Waals surface area contributed by atoms with Crippen molar-refractivity contribution < 1.29 is 9.53 Å². The van der Waals surface area contributed by atoms with Crippen LogP contribution in [0.3, 0.4) is 0 Å². The zero-order chi connectivity index (χ0) is 31.0. The van der Waals surface area contributed by atoms with E-state index in [-0.39, 0.29) is 11.6 Å². The van der Waals surface area contributed by atoms with E-state index < -0.39 is 0 Å². The Morgan fingerprint density at radius 3 is 2.45 bits per heavy atom. The highest BCUT2D eigenvalue weighted by Crippen LogP contribution is 2.34. The first-order valence-corrected chi connectivity index (χ1v) is 14.6. The smallest absolute Gasteiger partial charge is 0.270 e. The predicted octanol–water partition coefficient (Wildman–Crippen LogP) is 5.08. The molecule has 0 atom stereocenters. The first-order chi connectivity index (χ1) is 21.2. The predicted molar refractivity (Wildman–Crippen MR) is 168 cm³/mol. The van der Waals surface area contributed by atoms with E-state index in [1.54, 1.807) is 21.6 Å². The average molecular weight is 590 g/mol. The van der Waals surface area contributed by atoms with Crippen molar-refractivity contribution >= 4 is 16.8 Å². The minimum atomic E-state index is -0.286. The number of amides is 1. The van der Waals surface area contributed by atoms with Crippen molar-refractivity contribution in [1.82, 2.24) is 44.6 Å². The van der Waals surface area contributed by atoms with E-state index in [1.807, 2.05) is 69.0 Å². The molecule has 0 radical (unpaired) electrons. The second kappa shape index (κ2) is 11.8. The fourth-order valence-corrected chi connectivity index (χ4v) is 5.22. The van der Waals surface area contributed by atoms with Gasteiger partial charge in [-0.3, -0.25) is 14.2 Å². The summed E-state index contributed by atoms with van der Waals surface area (Å²) in [7, 11) is 3.65. The third kappa shape index (κ3) is 5.44. The lowest BCUT2D eigenvalue weighted by molar-refractivity contribution is 0.0946. The van der Waals surface area contributed by atoms with E-state index >= 15 is 0 Å². The van der Waals surface area contributed by atoms with Crippen molar-refractivity contribution in [3.63, 3.8) is 0 Å². The van der Waals surface area contributed by atoms with E-state index in [2.05, 4.69) is 36.4 Å². The van der Waals surface area contributed by atoms with Crippen LogP contribution >= 0.6 is 0 Å². The molecule has 0 saturated carbocycles. The molecule has 224 valence electrons. The summed E-state index contributed by atoms with van der Waals surface area (Å²) in [5.41, 5.74) is 7.45. The van der Waals surface area contributed by atoms with Crippen molar-refractivity contribution in [2.45, 2.75) is 47.4 Å². The lowest BCUT2D eigenvalue weighted by atomic mass is 10.1. The lowest BCUT2D eigenvalue weighted by Crippen LogP contribution is -2.24. The van der Waals surface area contributed by atoms with Gasteiger partial charge in [0.25, 0.3) is 5.91 Å². The van der Waals surface area contributed by atoms with Gasteiger partial charge in [-0.15, -0.1) is 5.10 Å². The number of nitrogens with one attached hydrogen (secondary N) is 1. The molecule has 0 spiro atoms. The molecule has 44 heavy (non-hydrogen) atoms. The molecule has 11 heteroatoms. The molecule has 6 aromatic rings. The zero-order valence-corrected chi connectivity index (χ0v) is 25.8. The third-order valence-electron chi connectivity index (χ3n) is 7.79. The van der Waals surface area contributed by atoms with Gasteiger partial charge in [-0.1, -0.05) is 48.5 Å². The van der Waals surface area contributed by atoms with E-state index in [0.29, 0.717) is 48.5 Å². The van der Waals surface area contributed by atoms with Gasteiger partial charge in [-0.05, 0) is 56.0 Å². The van der Waals surface area contributed by atoms with Gasteiger partial charge < -0.3 is 10.1 Å². The standard InChI is InChI=1S/C33H35N9O2/c1-7-42-29(30(22(4)38-42)44-19-23-11-9-8-10-12-23)31-37-32(41(6)39-31)28-25-18-35-40(5)27(25)16-26(36-28)33(43)34-17-24-14-13-20(2)21(3)15-24/h8-16,18H,7,17,19H2,1-6H3,(H,34,43). The number of ether oxygens (including phenoxy) is 1. The summed E-state index contributed by atoms with van der Waals surface area (Å²) >= 11 is 0. The minimum Gasteiger partial charge on any atom is -0.485 e. The maximum Gasteiger partial charge on any atom is 0.270 e. The zero-order valence-electron chi connectivity index (χ0n) is 25.8. The molecule has 0 aliphatic heterocycles. The molecule has 2 aromatic carbocycles. The van der Waals surface area contributed by atoms with Crippen molar-refractivity contribution in [2.24, 2.45) is 14.1 Å². The van der Waals surface area contributed by atoms with Crippen molar-refractivity contribution in [2.75, 3.05) is 0 Å². The SMILES string of the molecule is CCn1nc(C)c(OCc2ccccc2)c1-c1nc(-c2nc(C(=O)NCc3ccc(C)c(C)c3)cc3c2cnn3C)n(C)n1. The van der Waals surface area contributed by atoms with Crippen molar-refractivity contribution in [3.05, 3.63) is 94.4 Å². The number of fused-ring (bicyclic) bond motifs is 1. The largest absolute Gasteiger partial charge is 0.485 e. The molecule has 6 rings (SSSR count). The van der Waals surface area contributed by atoms with Crippen LogP contribution in [0.2, 0.25) is 0 Å². The molecule has 0 bridgehead atoms. The molecular weight excluding hydrogens is 554 g/mol. The molecule has 4 aromatic heterocycles. The van der Waals surface area contributed by atoms with Crippen LogP contribution in [0.1, 0.15) is 45.4 Å². The monoisotopic (exact) mass is 589 g/mol. The number of nitrogens with zero attached hydrogens (tertiary/aromatic N) is 8. The summed E-state index contributed by atoms with van der Waals surface area (Å²) in [6, 6.07) is 17.9. The molecule has 0 unspecified atom stereocenters. The van der Waals surface area contributed by atoms with Crippen molar-refractivity contribution in [3.8, 4) is 28.8 Å². The third-order valence-corrected chi connectivity index (χ3v) is 7.79. The second-order valence-electron chi connectivity index (χ2n) is 10.9. The summed E-state index contributed by atoms with van der Waals surface area (Å²) in [6.07, 6.45) is 1.73. The quantitative estimate of drug-likeness (QED) is 0.250. The maximum absolute atomic E-state index is 13.4. The number of carbonyl (C=O) groups is 1. The van der Waals surface area contributed by atoms with Crippen LogP contribution in [0, 0.1) is 20.8 Å². The highest BCUT2D eigenvalue weighted by molar-refractivity contribution is 5.99. The van der Waals surface area contributed by atoms with Gasteiger partial charge in [-0.25, -0.2) is 14.6 Å². The Kier molecular flexibility index (Phi) is 7.69. The first-order valence-electron chi connectivity index (χ1n) is 14.6. The van der Waals surface area contributed by atoms with E-state index in [1.165, 1.54) is 11.1 Å². The molecule has 0 aliphatic rings. The van der Waals surface area contributed by atoms with Crippen LogP contribution in [0.4, 0.5) is 0 Å². The van der Waals surface area contributed by atoms with E-state index in [9.17, 15) is 4.79 Å². The highest BCUT2D eigenvalue weighted by Gasteiger charge is 2.25. The molecule has 0 saturated heterocycles. The molecule has 1 N–H and O–H groups in total. The maximum atomic E-state index is 13.4. The Labute approximate surface area is 255 Å². The van der Waals surface area contributed by atoms with E-state index in [4.69, 9.17) is 24.9 Å². The fourth-order valence-electron chi connectivity index (χ4n) is 5.22. The Morgan fingerprint density at radius 2 is 1.70 bits per heavy atom. The summed E-state index contributed by atoms with van der Waals surface area (Å²) in [5, 5.41) is 17.7. The van der Waals surface area contributed by atoms with Gasteiger partial charge in [0.05, 0.1) is 11.7 Å². The fraction of sp³-hybridized carbons (Fsp3) is 0.273. The Morgan fingerprint density at radius 1 is 0.909 bits per heavy atom. The second-order valence-corrected chi connectivity index (χ2v) is 10.9. The lowest BCUT2D eigenvalue weighted by Gasteiger charge is -2.09. The van der Waals surface area contributed by atoms with Crippen LogP contribution in [-0.2, 0) is 33.8 Å². The minimum absolute atomic E-state index is 0.269. The van der Waals surface area contributed by atoms with Crippen LogP contribution in [0.15, 0.2) is 60.8 Å². The molecule has 4 heterocycles. The van der Waals surface area contributed by atoms with E-state index in [0.717, 1.165) is 27.7 Å². The summed E-state index contributed by atoms with van der Waals surface area (Å²) in [4.78, 5) is 23.1. The number of hydrogen-bond acceptors (Lipinski definition) is 7. The topological polar surface area (TPSA) is 118 Å². The van der Waals surface area contributed by atoms with Crippen LogP contribution in [-0.4, -0.2) is 45.2 Å². The number of aryl methyl sites for hydroxylation is 6. The molecular formula is C33H35N9O2. The van der Waals surface area contributed by atoms with Crippen molar-refractivity contribution in [1.29, 1.82) is 0 Å². The summed E-state index contributed by atoms with van der Waals surface area (Å²) in [5.74, 6) is 1.30. The van der Waals surface area contributed by atoms with Crippen LogP contribution in [0.5, 0.6) is 5.75 Å².